The molecule has 1 fully saturated rings. The predicted molar refractivity (Wildman–Crippen MR) is 119 cm³/mol. The highest BCUT2D eigenvalue weighted by atomic mass is 35.5. The standard InChI is InChI=1S/C21H17Cl3N4O2/c22-16-7-6-14(12-17(16)23)20(29)27-10-8-26(9-11-27)18-13-25-28(21(30)19(18)24)15-4-2-1-3-5-15/h1-7,12-13H,8-11H2. The molecular weight excluding hydrogens is 447 g/mol. The Labute approximate surface area is 188 Å². The third-order valence-corrected chi connectivity index (χ3v) is 6.07. The lowest BCUT2D eigenvalue weighted by Crippen LogP contribution is -2.49. The Bertz CT molecular complexity index is 1140. The van der Waals surface area contributed by atoms with Gasteiger partial charge in [0.2, 0.25) is 0 Å². The van der Waals surface area contributed by atoms with Crippen molar-refractivity contribution in [1.29, 1.82) is 0 Å². The summed E-state index contributed by atoms with van der Waals surface area (Å²) in [6, 6.07) is 13.9. The second-order valence-electron chi connectivity index (χ2n) is 6.80. The molecule has 1 aromatic heterocycles. The number of amides is 1. The van der Waals surface area contributed by atoms with E-state index in [1.807, 2.05) is 23.1 Å². The first-order chi connectivity index (χ1) is 14.5. The molecule has 1 aliphatic rings. The van der Waals surface area contributed by atoms with E-state index in [1.165, 1.54) is 4.68 Å². The first-order valence-electron chi connectivity index (χ1n) is 9.28. The van der Waals surface area contributed by atoms with Crippen LogP contribution in [0.5, 0.6) is 0 Å². The van der Waals surface area contributed by atoms with Gasteiger partial charge >= 0.3 is 0 Å². The summed E-state index contributed by atoms with van der Waals surface area (Å²) in [4.78, 5) is 29.1. The van der Waals surface area contributed by atoms with Gasteiger partial charge in [-0.2, -0.15) is 9.78 Å². The van der Waals surface area contributed by atoms with Gasteiger partial charge in [-0.1, -0.05) is 53.0 Å². The van der Waals surface area contributed by atoms with Crippen LogP contribution in [0.4, 0.5) is 5.69 Å². The zero-order chi connectivity index (χ0) is 21.3. The fourth-order valence-electron chi connectivity index (χ4n) is 3.36. The molecule has 0 bridgehead atoms. The number of piperazine rings is 1. The Morgan fingerprint density at radius 1 is 0.900 bits per heavy atom. The minimum absolute atomic E-state index is 0.109. The predicted octanol–water partition coefficient (Wildman–Crippen LogP) is 4.16. The molecule has 0 radical (unpaired) electrons. The van der Waals surface area contributed by atoms with E-state index in [0.717, 1.165) is 0 Å². The highest BCUT2D eigenvalue weighted by Crippen LogP contribution is 2.25. The van der Waals surface area contributed by atoms with Gasteiger partial charge in [0.15, 0.2) is 0 Å². The molecule has 1 amide bonds. The van der Waals surface area contributed by atoms with Crippen LogP contribution in [0.15, 0.2) is 59.5 Å². The van der Waals surface area contributed by atoms with Gasteiger partial charge in [-0.15, -0.1) is 0 Å². The minimum Gasteiger partial charge on any atom is -0.365 e. The Morgan fingerprint density at radius 3 is 2.27 bits per heavy atom. The van der Waals surface area contributed by atoms with Gasteiger partial charge in [0.05, 0.1) is 27.6 Å². The summed E-state index contributed by atoms with van der Waals surface area (Å²) in [5, 5.41) is 5.14. The molecule has 0 N–H and O–H groups in total. The van der Waals surface area contributed by atoms with Crippen molar-refractivity contribution >= 4 is 46.4 Å². The molecule has 0 saturated carbocycles. The highest BCUT2D eigenvalue weighted by molar-refractivity contribution is 6.42. The molecule has 154 valence electrons. The zero-order valence-corrected chi connectivity index (χ0v) is 18.0. The molecule has 0 aliphatic carbocycles. The topological polar surface area (TPSA) is 58.4 Å². The number of carbonyl (C=O) groups is 1. The lowest BCUT2D eigenvalue weighted by atomic mass is 10.1. The fourth-order valence-corrected chi connectivity index (χ4v) is 3.91. The highest BCUT2D eigenvalue weighted by Gasteiger charge is 2.25. The number of halogens is 3. The minimum atomic E-state index is -0.380. The summed E-state index contributed by atoms with van der Waals surface area (Å²) in [5.41, 5.74) is 1.32. The van der Waals surface area contributed by atoms with E-state index < -0.39 is 0 Å². The molecule has 2 heterocycles. The third kappa shape index (κ3) is 4.03. The van der Waals surface area contributed by atoms with Gasteiger partial charge in [0, 0.05) is 31.7 Å². The van der Waals surface area contributed by atoms with Crippen molar-refractivity contribution in [1.82, 2.24) is 14.7 Å². The maximum atomic E-state index is 12.7. The number of aromatic nitrogens is 2. The Balaban J connectivity index is 1.49. The van der Waals surface area contributed by atoms with E-state index in [9.17, 15) is 9.59 Å². The average molecular weight is 464 g/mol. The monoisotopic (exact) mass is 462 g/mol. The first kappa shape index (κ1) is 20.7. The van der Waals surface area contributed by atoms with Crippen LogP contribution in [0, 0.1) is 0 Å². The number of anilines is 1. The van der Waals surface area contributed by atoms with Crippen molar-refractivity contribution in [3.05, 3.63) is 85.7 Å². The average Bonchev–Trinajstić information content (AvgIpc) is 2.78. The smallest absolute Gasteiger partial charge is 0.292 e. The summed E-state index contributed by atoms with van der Waals surface area (Å²) in [7, 11) is 0. The zero-order valence-electron chi connectivity index (χ0n) is 15.8. The Kier molecular flexibility index (Phi) is 5.99. The fraction of sp³-hybridized carbons (Fsp3) is 0.190. The summed E-state index contributed by atoms with van der Waals surface area (Å²) >= 11 is 18.3. The van der Waals surface area contributed by atoms with Crippen LogP contribution in [-0.2, 0) is 0 Å². The van der Waals surface area contributed by atoms with Crippen LogP contribution < -0.4 is 10.5 Å². The summed E-state index contributed by atoms with van der Waals surface area (Å²) in [6.07, 6.45) is 1.59. The number of para-hydroxylation sites is 1. The van der Waals surface area contributed by atoms with Crippen LogP contribution >= 0.6 is 34.8 Å². The molecule has 0 spiro atoms. The van der Waals surface area contributed by atoms with Crippen LogP contribution in [0.3, 0.4) is 0 Å². The molecule has 0 unspecified atom stereocenters. The van der Waals surface area contributed by atoms with Crippen molar-refractivity contribution in [2.45, 2.75) is 0 Å². The molecular formula is C21H17Cl3N4O2. The first-order valence-corrected chi connectivity index (χ1v) is 10.4. The summed E-state index contributed by atoms with van der Waals surface area (Å²) in [5.74, 6) is -0.114. The third-order valence-electron chi connectivity index (χ3n) is 4.98. The normalized spacial score (nSPS) is 14.1. The second kappa shape index (κ2) is 8.68. The largest absolute Gasteiger partial charge is 0.365 e. The van der Waals surface area contributed by atoms with E-state index in [-0.39, 0.29) is 16.5 Å². The van der Waals surface area contributed by atoms with Crippen molar-refractivity contribution in [2.24, 2.45) is 0 Å². The molecule has 3 aromatic rings. The number of carbonyl (C=O) groups excluding carboxylic acids is 1. The van der Waals surface area contributed by atoms with Gasteiger partial charge in [-0.25, -0.2) is 0 Å². The number of rotatable bonds is 3. The number of hydrogen-bond acceptors (Lipinski definition) is 4. The molecule has 0 atom stereocenters. The lowest BCUT2D eigenvalue weighted by Gasteiger charge is -2.36. The molecule has 9 heteroatoms. The van der Waals surface area contributed by atoms with Crippen LogP contribution in [0.1, 0.15) is 10.4 Å². The number of benzene rings is 2. The quantitative estimate of drug-likeness (QED) is 0.585. The van der Waals surface area contributed by atoms with Gasteiger partial charge in [0.25, 0.3) is 11.5 Å². The molecule has 1 aliphatic heterocycles. The molecule has 6 nitrogen and oxygen atoms in total. The van der Waals surface area contributed by atoms with Gasteiger partial charge in [-0.3, -0.25) is 9.59 Å². The van der Waals surface area contributed by atoms with E-state index >= 15 is 0 Å². The Morgan fingerprint density at radius 2 is 1.60 bits per heavy atom. The van der Waals surface area contributed by atoms with Crippen LogP contribution in [-0.4, -0.2) is 46.8 Å². The summed E-state index contributed by atoms with van der Waals surface area (Å²) < 4.78 is 1.27. The number of hydrogen-bond donors (Lipinski definition) is 0. The summed E-state index contributed by atoms with van der Waals surface area (Å²) in [6.45, 7) is 2.03. The number of nitrogens with zero attached hydrogens (tertiary/aromatic N) is 4. The second-order valence-corrected chi connectivity index (χ2v) is 8.00. The maximum absolute atomic E-state index is 12.7. The van der Waals surface area contributed by atoms with Crippen molar-refractivity contribution in [2.75, 3.05) is 31.1 Å². The van der Waals surface area contributed by atoms with Gasteiger partial charge in [0.1, 0.15) is 5.02 Å². The maximum Gasteiger partial charge on any atom is 0.292 e. The van der Waals surface area contributed by atoms with Crippen LogP contribution in [0.25, 0.3) is 5.69 Å². The van der Waals surface area contributed by atoms with E-state index in [0.29, 0.717) is 53.2 Å². The van der Waals surface area contributed by atoms with Crippen molar-refractivity contribution in [3.8, 4) is 5.69 Å². The van der Waals surface area contributed by atoms with Crippen LogP contribution in [0.2, 0.25) is 15.1 Å². The lowest BCUT2D eigenvalue weighted by molar-refractivity contribution is 0.0747. The SMILES string of the molecule is O=C(c1ccc(Cl)c(Cl)c1)N1CCN(c2cnn(-c3ccccc3)c(=O)c2Cl)CC1. The molecule has 2 aromatic carbocycles. The molecule has 1 saturated heterocycles. The molecule has 4 rings (SSSR count). The van der Waals surface area contributed by atoms with Gasteiger partial charge < -0.3 is 9.80 Å². The van der Waals surface area contributed by atoms with Crippen molar-refractivity contribution in [3.63, 3.8) is 0 Å². The van der Waals surface area contributed by atoms with E-state index in [4.69, 9.17) is 34.8 Å². The van der Waals surface area contributed by atoms with Gasteiger partial charge in [-0.05, 0) is 30.3 Å². The Hall–Kier alpha value is -2.54. The van der Waals surface area contributed by atoms with E-state index in [1.54, 1.807) is 41.4 Å². The van der Waals surface area contributed by atoms with E-state index in [2.05, 4.69) is 5.10 Å². The molecule has 30 heavy (non-hydrogen) atoms. The van der Waals surface area contributed by atoms with Crippen molar-refractivity contribution < 1.29 is 4.79 Å².